The van der Waals surface area contributed by atoms with Crippen molar-refractivity contribution >= 4 is 5.78 Å². The minimum Gasteiger partial charge on any atom is -0.373 e. The Hall–Kier alpha value is -2.53. The molecule has 4 rings (SSSR count). The van der Waals surface area contributed by atoms with Crippen LogP contribution in [0.2, 0.25) is 0 Å². The number of aliphatic hydroxyl groups is 1. The second-order valence-electron chi connectivity index (χ2n) is 7.50. The molecule has 1 unspecified atom stereocenters. The number of ketones is 1. The van der Waals surface area contributed by atoms with Gasteiger partial charge in [0.2, 0.25) is 0 Å². The molecule has 1 atom stereocenters. The average molecular weight is 374 g/mol. The third-order valence-electron chi connectivity index (χ3n) is 5.54. The first-order chi connectivity index (χ1) is 13.7. The molecule has 1 aliphatic carbocycles. The molecule has 4 heteroatoms. The summed E-state index contributed by atoms with van der Waals surface area (Å²) < 4.78 is 0. The standard InChI is InChI=1S/C24H26N2O2/c27-23-18-26(15-7-14-25-16-19-8-2-1-3-9-19)17-20-10-4-5-13-22(20)24(23,28)21-11-6-12-21/h1-6,8-13,25,28H,7,14-18H2. The third kappa shape index (κ3) is 3.72. The lowest BCUT2D eigenvalue weighted by Crippen LogP contribution is -2.42. The number of rotatable bonds is 7. The quantitative estimate of drug-likeness (QED) is 0.732. The lowest BCUT2D eigenvalue weighted by atomic mass is 9.78. The fourth-order valence-electron chi connectivity index (χ4n) is 3.94. The van der Waals surface area contributed by atoms with E-state index in [0.29, 0.717) is 12.1 Å². The van der Waals surface area contributed by atoms with Gasteiger partial charge in [0.25, 0.3) is 0 Å². The van der Waals surface area contributed by atoms with Crippen molar-refractivity contribution in [2.45, 2.75) is 25.1 Å². The van der Waals surface area contributed by atoms with Gasteiger partial charge >= 0.3 is 0 Å². The highest BCUT2D eigenvalue weighted by atomic mass is 16.3. The number of benzene rings is 2. The van der Waals surface area contributed by atoms with Gasteiger partial charge in [0.05, 0.1) is 6.54 Å². The monoisotopic (exact) mass is 374 g/mol. The van der Waals surface area contributed by atoms with Crippen molar-refractivity contribution in [1.82, 2.24) is 10.2 Å². The Kier molecular flexibility index (Phi) is 5.53. The van der Waals surface area contributed by atoms with E-state index in [1.807, 2.05) is 60.7 Å². The van der Waals surface area contributed by atoms with E-state index in [1.54, 1.807) is 0 Å². The van der Waals surface area contributed by atoms with Crippen LogP contribution in [0.3, 0.4) is 0 Å². The molecule has 0 aromatic heterocycles. The van der Waals surface area contributed by atoms with Crippen LogP contribution in [0.4, 0.5) is 0 Å². The predicted molar refractivity (Wildman–Crippen MR) is 111 cm³/mol. The smallest absolute Gasteiger partial charge is 0.187 e. The van der Waals surface area contributed by atoms with Crippen molar-refractivity contribution in [3.63, 3.8) is 0 Å². The van der Waals surface area contributed by atoms with Gasteiger partial charge in [0.15, 0.2) is 11.4 Å². The van der Waals surface area contributed by atoms with Crippen LogP contribution in [0.25, 0.3) is 0 Å². The zero-order valence-corrected chi connectivity index (χ0v) is 16.0. The van der Waals surface area contributed by atoms with E-state index < -0.39 is 5.60 Å². The molecule has 2 aliphatic rings. The molecule has 2 N–H and O–H groups in total. The molecule has 28 heavy (non-hydrogen) atoms. The Morgan fingerprint density at radius 1 is 1.04 bits per heavy atom. The van der Waals surface area contributed by atoms with Crippen LogP contribution in [0.5, 0.6) is 0 Å². The van der Waals surface area contributed by atoms with E-state index in [2.05, 4.69) is 22.3 Å². The average Bonchev–Trinajstić information content (AvgIpc) is 2.76. The van der Waals surface area contributed by atoms with Gasteiger partial charge in [-0.15, -0.1) is 0 Å². The van der Waals surface area contributed by atoms with E-state index in [4.69, 9.17) is 0 Å². The van der Waals surface area contributed by atoms with Gasteiger partial charge in [-0.2, -0.15) is 0 Å². The van der Waals surface area contributed by atoms with Gasteiger partial charge in [-0.1, -0.05) is 72.8 Å². The maximum absolute atomic E-state index is 13.0. The summed E-state index contributed by atoms with van der Waals surface area (Å²) in [4.78, 5) is 15.2. The van der Waals surface area contributed by atoms with Gasteiger partial charge in [-0.05, 0) is 29.7 Å². The molecule has 2 aromatic rings. The molecule has 0 bridgehead atoms. The largest absolute Gasteiger partial charge is 0.373 e. The highest BCUT2D eigenvalue weighted by Crippen LogP contribution is 2.38. The van der Waals surface area contributed by atoms with Gasteiger partial charge in [-0.25, -0.2) is 0 Å². The molecule has 144 valence electrons. The van der Waals surface area contributed by atoms with Crippen molar-refractivity contribution in [2.24, 2.45) is 0 Å². The number of allylic oxidation sites excluding steroid dienone is 2. The normalized spacial score (nSPS) is 21.6. The first-order valence-corrected chi connectivity index (χ1v) is 9.88. The second-order valence-corrected chi connectivity index (χ2v) is 7.50. The third-order valence-corrected chi connectivity index (χ3v) is 5.54. The molecule has 0 saturated heterocycles. The molecule has 0 spiro atoms. The summed E-state index contributed by atoms with van der Waals surface area (Å²) >= 11 is 0. The number of nitrogens with one attached hydrogen (secondary N) is 1. The SMILES string of the molecule is O=C1CN(CCCNCc2ccccc2)Cc2ccccc2C1(O)C1=CC=C1. The number of carbonyl (C=O) groups excluding carboxylic acids is 1. The molecule has 0 fully saturated rings. The van der Waals surface area contributed by atoms with Crippen molar-refractivity contribution < 1.29 is 9.90 Å². The molecular formula is C24H26N2O2. The number of Topliss-reactive ketones (excluding diaryl/α,β-unsaturated/α-hetero) is 1. The Morgan fingerprint density at radius 2 is 1.79 bits per heavy atom. The summed E-state index contributed by atoms with van der Waals surface area (Å²) in [7, 11) is 0. The molecule has 0 saturated carbocycles. The van der Waals surface area contributed by atoms with Crippen molar-refractivity contribution in [3.8, 4) is 0 Å². The van der Waals surface area contributed by atoms with Crippen LogP contribution in [0, 0.1) is 0 Å². The van der Waals surface area contributed by atoms with E-state index in [9.17, 15) is 9.90 Å². The fraction of sp³-hybridized carbons (Fsp3) is 0.292. The Labute approximate surface area is 166 Å². The van der Waals surface area contributed by atoms with Crippen LogP contribution in [-0.4, -0.2) is 35.4 Å². The number of carbonyl (C=O) groups is 1. The minimum atomic E-state index is -1.52. The molecule has 1 heterocycles. The second kappa shape index (κ2) is 8.23. The van der Waals surface area contributed by atoms with Gasteiger partial charge < -0.3 is 10.4 Å². The van der Waals surface area contributed by atoms with Crippen LogP contribution < -0.4 is 5.32 Å². The number of hydrogen-bond donors (Lipinski definition) is 2. The predicted octanol–water partition coefficient (Wildman–Crippen LogP) is 2.94. The topological polar surface area (TPSA) is 52.6 Å². The number of nitrogens with zero attached hydrogens (tertiary/aromatic N) is 1. The molecule has 4 nitrogen and oxygen atoms in total. The summed E-state index contributed by atoms with van der Waals surface area (Å²) in [6.45, 7) is 3.49. The number of fused-ring (bicyclic) bond motifs is 1. The van der Waals surface area contributed by atoms with Crippen molar-refractivity contribution in [1.29, 1.82) is 0 Å². The lowest BCUT2D eigenvalue weighted by molar-refractivity contribution is -0.135. The fourth-order valence-corrected chi connectivity index (χ4v) is 3.94. The summed E-state index contributed by atoms with van der Waals surface area (Å²) in [5.74, 6) is -0.148. The van der Waals surface area contributed by atoms with E-state index in [0.717, 1.165) is 37.2 Å². The highest BCUT2D eigenvalue weighted by Gasteiger charge is 2.45. The van der Waals surface area contributed by atoms with Gasteiger partial charge in [-0.3, -0.25) is 9.69 Å². The molecule has 2 aromatic carbocycles. The van der Waals surface area contributed by atoms with Gasteiger partial charge in [0, 0.05) is 25.2 Å². The Morgan fingerprint density at radius 3 is 2.54 bits per heavy atom. The maximum atomic E-state index is 13.0. The van der Waals surface area contributed by atoms with Gasteiger partial charge in [0.1, 0.15) is 0 Å². The summed E-state index contributed by atoms with van der Waals surface area (Å²) in [5, 5.41) is 14.8. The van der Waals surface area contributed by atoms with Crippen LogP contribution in [0.15, 0.2) is 78.4 Å². The Balaban J connectivity index is 1.38. The van der Waals surface area contributed by atoms with E-state index in [-0.39, 0.29) is 12.3 Å². The Bertz CT molecular complexity index is 904. The van der Waals surface area contributed by atoms with Crippen LogP contribution in [-0.2, 0) is 23.5 Å². The lowest BCUT2D eigenvalue weighted by Gasteiger charge is -2.30. The maximum Gasteiger partial charge on any atom is 0.187 e. The van der Waals surface area contributed by atoms with Crippen molar-refractivity contribution in [2.75, 3.05) is 19.6 Å². The summed E-state index contributed by atoms with van der Waals surface area (Å²) in [6.07, 6.45) is 6.48. The van der Waals surface area contributed by atoms with Crippen molar-refractivity contribution in [3.05, 3.63) is 95.1 Å². The first kappa shape index (κ1) is 18.8. The van der Waals surface area contributed by atoms with Crippen LogP contribution >= 0.6 is 0 Å². The summed E-state index contributed by atoms with van der Waals surface area (Å²) in [5.41, 5.74) is 2.19. The first-order valence-electron chi connectivity index (χ1n) is 9.88. The van der Waals surface area contributed by atoms with E-state index in [1.165, 1.54) is 5.56 Å². The van der Waals surface area contributed by atoms with Crippen LogP contribution in [0.1, 0.15) is 23.1 Å². The minimum absolute atomic E-state index is 0.148. The zero-order valence-electron chi connectivity index (χ0n) is 16.0. The highest BCUT2D eigenvalue weighted by molar-refractivity contribution is 5.95. The molecule has 0 radical (unpaired) electrons. The molecule has 1 aliphatic heterocycles. The molecular weight excluding hydrogens is 348 g/mol. The zero-order chi connectivity index (χ0) is 19.4. The summed E-state index contributed by atoms with van der Waals surface area (Å²) in [6, 6.07) is 18.1. The molecule has 0 amide bonds. The number of hydrogen-bond acceptors (Lipinski definition) is 4. The van der Waals surface area contributed by atoms with E-state index >= 15 is 0 Å².